The molecular weight excluding hydrogens is 328 g/mol. The van der Waals surface area contributed by atoms with E-state index in [0.717, 1.165) is 50.9 Å². The first kappa shape index (κ1) is 17.4. The zero-order valence-corrected chi connectivity index (χ0v) is 16.1. The smallest absolute Gasteiger partial charge is 0.239 e. The summed E-state index contributed by atoms with van der Waals surface area (Å²) < 4.78 is -0.215. The molecule has 1 aromatic rings. The van der Waals surface area contributed by atoms with Crippen molar-refractivity contribution in [2.24, 2.45) is 11.8 Å². The van der Waals surface area contributed by atoms with Crippen molar-refractivity contribution in [3.8, 4) is 0 Å². The number of fused-ring (bicyclic) bond motifs is 1. The van der Waals surface area contributed by atoms with Crippen LogP contribution in [-0.2, 0) is 4.79 Å². The highest BCUT2D eigenvalue weighted by molar-refractivity contribution is 8.01. The molecule has 136 valence electrons. The number of thioether (sulfide) groups is 1. The summed E-state index contributed by atoms with van der Waals surface area (Å²) in [4.78, 5) is 17.0. The van der Waals surface area contributed by atoms with E-state index in [1.807, 2.05) is 11.8 Å². The van der Waals surface area contributed by atoms with Crippen LogP contribution in [0.5, 0.6) is 0 Å². The number of carbonyl (C=O) groups is 1. The Bertz CT molecular complexity index is 595. The number of amides is 1. The standard InChI is InChI=1S/C21H30N2OS/c1-16-4-6-19(7-5-16)25-21(10-2-3-11-21)20(24)23-12-8-17-14-22-15-18(17)9-13-23/h4-7,17-18,22H,2-3,8-15H2,1H3/t17-,18+. The third-order valence-electron chi connectivity index (χ3n) is 6.44. The molecule has 25 heavy (non-hydrogen) atoms. The molecular formula is C21H30N2OS. The van der Waals surface area contributed by atoms with Gasteiger partial charge in [0.25, 0.3) is 0 Å². The van der Waals surface area contributed by atoms with E-state index in [2.05, 4.69) is 41.4 Å². The van der Waals surface area contributed by atoms with Gasteiger partial charge in [-0.2, -0.15) is 0 Å². The van der Waals surface area contributed by atoms with Crippen molar-refractivity contribution in [2.45, 2.75) is 55.1 Å². The van der Waals surface area contributed by atoms with E-state index in [4.69, 9.17) is 0 Å². The van der Waals surface area contributed by atoms with E-state index >= 15 is 0 Å². The minimum atomic E-state index is -0.215. The second-order valence-electron chi connectivity index (χ2n) is 8.16. The molecule has 1 aromatic carbocycles. The number of nitrogens with one attached hydrogen (secondary N) is 1. The third-order valence-corrected chi connectivity index (χ3v) is 7.92. The Hall–Kier alpha value is -1.00. The Balaban J connectivity index is 1.49. The van der Waals surface area contributed by atoms with Crippen LogP contribution in [0.25, 0.3) is 0 Å². The van der Waals surface area contributed by atoms with Crippen LogP contribution < -0.4 is 5.32 Å². The minimum absolute atomic E-state index is 0.215. The molecule has 0 aromatic heterocycles. The molecule has 1 amide bonds. The van der Waals surface area contributed by atoms with Gasteiger partial charge in [0.2, 0.25) is 5.91 Å². The largest absolute Gasteiger partial charge is 0.341 e. The molecule has 0 radical (unpaired) electrons. The lowest BCUT2D eigenvalue weighted by Crippen LogP contribution is -2.46. The lowest BCUT2D eigenvalue weighted by Gasteiger charge is -2.33. The summed E-state index contributed by atoms with van der Waals surface area (Å²) in [6.45, 7) is 6.33. The number of carbonyl (C=O) groups excluding carboxylic acids is 1. The topological polar surface area (TPSA) is 32.3 Å². The number of hydrogen-bond acceptors (Lipinski definition) is 3. The summed E-state index contributed by atoms with van der Waals surface area (Å²) in [7, 11) is 0. The zero-order valence-electron chi connectivity index (χ0n) is 15.3. The maximum Gasteiger partial charge on any atom is 0.239 e. The van der Waals surface area contributed by atoms with Gasteiger partial charge in [-0.3, -0.25) is 4.79 Å². The van der Waals surface area contributed by atoms with Crippen molar-refractivity contribution in [3.05, 3.63) is 29.8 Å². The van der Waals surface area contributed by atoms with Crippen molar-refractivity contribution >= 4 is 17.7 Å². The Kier molecular flexibility index (Phi) is 5.10. The lowest BCUT2D eigenvalue weighted by atomic mass is 9.92. The SMILES string of the molecule is Cc1ccc(SC2(C(=O)N3CC[C@@H]4CNC[C@@H]4CC3)CCCC2)cc1. The van der Waals surface area contributed by atoms with Crippen molar-refractivity contribution in [1.29, 1.82) is 0 Å². The molecule has 2 saturated heterocycles. The molecule has 3 fully saturated rings. The monoisotopic (exact) mass is 358 g/mol. The van der Waals surface area contributed by atoms with E-state index < -0.39 is 0 Å². The number of nitrogens with zero attached hydrogens (tertiary/aromatic N) is 1. The summed E-state index contributed by atoms with van der Waals surface area (Å²) in [6.07, 6.45) is 6.80. The van der Waals surface area contributed by atoms with Gasteiger partial charge >= 0.3 is 0 Å². The maximum absolute atomic E-state index is 13.6. The fourth-order valence-electron chi connectivity index (χ4n) is 4.85. The zero-order chi connectivity index (χ0) is 17.3. The minimum Gasteiger partial charge on any atom is -0.341 e. The van der Waals surface area contributed by atoms with Crippen LogP contribution in [0, 0.1) is 18.8 Å². The molecule has 4 rings (SSSR count). The van der Waals surface area contributed by atoms with E-state index in [-0.39, 0.29) is 4.75 Å². The molecule has 1 saturated carbocycles. The van der Waals surface area contributed by atoms with Gasteiger partial charge in [-0.05, 0) is 69.7 Å². The predicted octanol–water partition coefficient (Wildman–Crippen LogP) is 3.86. The highest BCUT2D eigenvalue weighted by Gasteiger charge is 2.45. The van der Waals surface area contributed by atoms with Crippen LogP contribution >= 0.6 is 11.8 Å². The molecule has 2 aliphatic heterocycles. The summed E-state index contributed by atoms with van der Waals surface area (Å²) in [5, 5.41) is 3.53. The molecule has 2 atom stereocenters. The van der Waals surface area contributed by atoms with Crippen LogP contribution in [0.15, 0.2) is 29.2 Å². The average Bonchev–Trinajstić information content (AvgIpc) is 3.23. The molecule has 0 bridgehead atoms. The second kappa shape index (κ2) is 7.32. The quantitative estimate of drug-likeness (QED) is 0.890. The fraction of sp³-hybridized carbons (Fsp3) is 0.667. The Labute approximate surface area is 155 Å². The van der Waals surface area contributed by atoms with Gasteiger partial charge in [0.1, 0.15) is 0 Å². The van der Waals surface area contributed by atoms with Gasteiger partial charge in [0, 0.05) is 18.0 Å². The Morgan fingerprint density at radius 2 is 1.68 bits per heavy atom. The first-order valence-corrected chi connectivity index (χ1v) is 10.7. The molecule has 3 nitrogen and oxygen atoms in total. The highest BCUT2D eigenvalue weighted by atomic mass is 32.2. The number of rotatable bonds is 3. The molecule has 0 unspecified atom stereocenters. The van der Waals surface area contributed by atoms with Gasteiger partial charge in [0.05, 0.1) is 4.75 Å². The molecule has 3 aliphatic rings. The Morgan fingerprint density at radius 3 is 2.28 bits per heavy atom. The van der Waals surface area contributed by atoms with Crippen LogP contribution in [0.3, 0.4) is 0 Å². The summed E-state index contributed by atoms with van der Waals surface area (Å²) >= 11 is 1.83. The fourth-order valence-corrected chi connectivity index (χ4v) is 6.28. The van der Waals surface area contributed by atoms with Crippen LogP contribution in [-0.4, -0.2) is 41.7 Å². The van der Waals surface area contributed by atoms with Crippen LogP contribution in [0.1, 0.15) is 44.1 Å². The van der Waals surface area contributed by atoms with Crippen molar-refractivity contribution in [1.82, 2.24) is 10.2 Å². The van der Waals surface area contributed by atoms with Crippen molar-refractivity contribution < 1.29 is 4.79 Å². The lowest BCUT2D eigenvalue weighted by molar-refractivity contribution is -0.133. The molecule has 2 heterocycles. The first-order chi connectivity index (χ1) is 12.2. The molecule has 1 aliphatic carbocycles. The van der Waals surface area contributed by atoms with E-state index in [0.29, 0.717) is 5.91 Å². The van der Waals surface area contributed by atoms with Gasteiger partial charge in [-0.15, -0.1) is 11.8 Å². The summed E-state index contributed by atoms with van der Waals surface area (Å²) in [5.41, 5.74) is 1.28. The summed E-state index contributed by atoms with van der Waals surface area (Å²) in [5.74, 6) is 1.98. The van der Waals surface area contributed by atoms with Crippen molar-refractivity contribution in [2.75, 3.05) is 26.2 Å². The molecule has 1 N–H and O–H groups in total. The first-order valence-electron chi connectivity index (χ1n) is 9.92. The number of likely N-dealkylation sites (tertiary alicyclic amines) is 1. The van der Waals surface area contributed by atoms with Gasteiger partial charge < -0.3 is 10.2 Å². The highest BCUT2D eigenvalue weighted by Crippen LogP contribution is 2.47. The number of aryl methyl sites for hydroxylation is 1. The maximum atomic E-state index is 13.6. The Morgan fingerprint density at radius 1 is 1.08 bits per heavy atom. The predicted molar refractivity (Wildman–Crippen MR) is 104 cm³/mol. The van der Waals surface area contributed by atoms with E-state index in [1.165, 1.54) is 36.1 Å². The van der Waals surface area contributed by atoms with E-state index in [9.17, 15) is 4.79 Å². The van der Waals surface area contributed by atoms with Crippen LogP contribution in [0.4, 0.5) is 0 Å². The van der Waals surface area contributed by atoms with Crippen molar-refractivity contribution in [3.63, 3.8) is 0 Å². The van der Waals surface area contributed by atoms with Gasteiger partial charge in [-0.1, -0.05) is 30.5 Å². The van der Waals surface area contributed by atoms with Gasteiger partial charge in [-0.25, -0.2) is 0 Å². The van der Waals surface area contributed by atoms with E-state index in [1.54, 1.807) is 0 Å². The molecule has 4 heteroatoms. The second-order valence-corrected chi connectivity index (χ2v) is 9.62. The van der Waals surface area contributed by atoms with Crippen LogP contribution in [0.2, 0.25) is 0 Å². The normalized spacial score (nSPS) is 28.6. The van der Waals surface area contributed by atoms with Gasteiger partial charge in [0.15, 0.2) is 0 Å². The third kappa shape index (κ3) is 3.61. The summed E-state index contributed by atoms with van der Waals surface area (Å²) in [6, 6.07) is 8.70. The average molecular weight is 359 g/mol. The molecule has 0 spiro atoms. The number of benzene rings is 1. The number of hydrogen-bond donors (Lipinski definition) is 1.